The minimum Gasteiger partial charge on any atom is -0.493 e. The molecule has 0 saturated carbocycles. The summed E-state index contributed by atoms with van der Waals surface area (Å²) in [4.78, 5) is 2.41. The molecule has 2 aromatic carbocycles. The highest BCUT2D eigenvalue weighted by Crippen LogP contribution is 2.30. The number of nitrogens with zero attached hydrogens (tertiary/aromatic N) is 1. The Hall–Kier alpha value is -2.04. The first-order valence-electron chi connectivity index (χ1n) is 8.95. The molecule has 1 aliphatic heterocycles. The van der Waals surface area contributed by atoms with Crippen molar-refractivity contribution < 1.29 is 14.6 Å². The van der Waals surface area contributed by atoms with E-state index in [9.17, 15) is 5.11 Å². The van der Waals surface area contributed by atoms with Gasteiger partial charge >= 0.3 is 0 Å². The van der Waals surface area contributed by atoms with E-state index in [2.05, 4.69) is 29.2 Å². The van der Waals surface area contributed by atoms with E-state index in [1.54, 1.807) is 7.11 Å². The van der Waals surface area contributed by atoms with Gasteiger partial charge in [-0.1, -0.05) is 36.4 Å². The number of piperidine rings is 1. The van der Waals surface area contributed by atoms with Crippen LogP contribution in [0.4, 0.5) is 0 Å². The standard InChI is InChI=1S/C21H27NO3/c1-24-20-10-9-18(13-22-11-5-8-19(14-22)15-23)12-21(20)25-16-17-6-3-2-4-7-17/h2-4,6-7,9-10,12,19,23H,5,8,11,13-16H2,1H3. The van der Waals surface area contributed by atoms with E-state index in [0.29, 0.717) is 12.5 Å². The van der Waals surface area contributed by atoms with Gasteiger partial charge in [-0.25, -0.2) is 0 Å². The highest BCUT2D eigenvalue weighted by molar-refractivity contribution is 5.43. The molecule has 1 N–H and O–H groups in total. The molecule has 3 rings (SSSR count). The zero-order valence-corrected chi connectivity index (χ0v) is 14.9. The lowest BCUT2D eigenvalue weighted by Gasteiger charge is -2.31. The van der Waals surface area contributed by atoms with Crippen molar-refractivity contribution in [3.05, 3.63) is 59.7 Å². The fraction of sp³-hybridized carbons (Fsp3) is 0.429. The molecule has 1 atom stereocenters. The Morgan fingerprint density at radius 3 is 2.68 bits per heavy atom. The van der Waals surface area contributed by atoms with Gasteiger partial charge in [-0.3, -0.25) is 4.90 Å². The van der Waals surface area contributed by atoms with Crippen molar-refractivity contribution in [2.75, 3.05) is 26.8 Å². The van der Waals surface area contributed by atoms with Crippen molar-refractivity contribution in [1.29, 1.82) is 0 Å². The van der Waals surface area contributed by atoms with Crippen molar-refractivity contribution >= 4 is 0 Å². The largest absolute Gasteiger partial charge is 0.493 e. The van der Waals surface area contributed by atoms with Gasteiger partial charge in [0.05, 0.1) is 7.11 Å². The van der Waals surface area contributed by atoms with Crippen LogP contribution in [0.1, 0.15) is 24.0 Å². The Morgan fingerprint density at radius 1 is 1.08 bits per heavy atom. The summed E-state index contributed by atoms with van der Waals surface area (Å²) in [5.41, 5.74) is 2.35. The number of likely N-dealkylation sites (tertiary alicyclic amines) is 1. The number of hydrogen-bond acceptors (Lipinski definition) is 4. The third-order valence-electron chi connectivity index (χ3n) is 4.73. The average molecular weight is 341 g/mol. The molecule has 0 bridgehead atoms. The summed E-state index contributed by atoms with van der Waals surface area (Å²) in [5, 5.41) is 9.40. The Balaban J connectivity index is 1.66. The van der Waals surface area contributed by atoms with Crippen LogP contribution in [0, 0.1) is 5.92 Å². The average Bonchev–Trinajstić information content (AvgIpc) is 2.67. The van der Waals surface area contributed by atoms with E-state index in [-0.39, 0.29) is 6.61 Å². The number of ether oxygens (including phenoxy) is 2. The number of aliphatic hydroxyl groups is 1. The molecule has 1 aliphatic rings. The van der Waals surface area contributed by atoms with Gasteiger partial charge in [-0.05, 0) is 48.6 Å². The highest BCUT2D eigenvalue weighted by atomic mass is 16.5. The zero-order valence-electron chi connectivity index (χ0n) is 14.9. The maximum Gasteiger partial charge on any atom is 0.161 e. The Labute approximate surface area is 150 Å². The molecule has 0 aromatic heterocycles. The first-order valence-corrected chi connectivity index (χ1v) is 8.95. The van der Waals surface area contributed by atoms with E-state index in [1.165, 1.54) is 5.56 Å². The monoisotopic (exact) mass is 341 g/mol. The number of hydrogen-bond donors (Lipinski definition) is 1. The molecule has 0 radical (unpaired) electrons. The molecule has 1 saturated heterocycles. The van der Waals surface area contributed by atoms with Crippen molar-refractivity contribution in [3.8, 4) is 11.5 Å². The lowest BCUT2D eigenvalue weighted by molar-refractivity contribution is 0.116. The SMILES string of the molecule is COc1ccc(CN2CCCC(CO)C2)cc1OCc1ccccc1. The van der Waals surface area contributed by atoms with E-state index >= 15 is 0 Å². The molecule has 0 aliphatic carbocycles. The molecule has 134 valence electrons. The van der Waals surface area contributed by atoms with Crippen LogP contribution in [0.15, 0.2) is 48.5 Å². The minimum atomic E-state index is 0.282. The van der Waals surface area contributed by atoms with Gasteiger partial charge in [0.25, 0.3) is 0 Å². The fourth-order valence-corrected chi connectivity index (χ4v) is 3.37. The van der Waals surface area contributed by atoms with Crippen LogP contribution in [-0.2, 0) is 13.2 Å². The van der Waals surface area contributed by atoms with Crippen molar-refractivity contribution in [2.24, 2.45) is 5.92 Å². The first-order chi connectivity index (χ1) is 12.3. The van der Waals surface area contributed by atoms with Crippen LogP contribution in [0.25, 0.3) is 0 Å². The van der Waals surface area contributed by atoms with E-state index < -0.39 is 0 Å². The maximum absolute atomic E-state index is 9.40. The van der Waals surface area contributed by atoms with Crippen LogP contribution in [0.3, 0.4) is 0 Å². The van der Waals surface area contributed by atoms with E-state index in [0.717, 1.165) is 49.5 Å². The number of rotatable bonds is 7. The topological polar surface area (TPSA) is 41.9 Å². The van der Waals surface area contributed by atoms with Crippen molar-refractivity contribution in [2.45, 2.75) is 26.0 Å². The van der Waals surface area contributed by atoms with Crippen molar-refractivity contribution in [1.82, 2.24) is 4.90 Å². The number of benzene rings is 2. The number of methoxy groups -OCH3 is 1. The van der Waals surface area contributed by atoms with Crippen molar-refractivity contribution in [3.63, 3.8) is 0 Å². The second-order valence-corrected chi connectivity index (χ2v) is 6.69. The van der Waals surface area contributed by atoms with Gasteiger partial charge in [-0.15, -0.1) is 0 Å². The molecule has 0 spiro atoms. The Bertz CT molecular complexity index is 659. The molecule has 4 nitrogen and oxygen atoms in total. The third-order valence-corrected chi connectivity index (χ3v) is 4.73. The lowest BCUT2D eigenvalue weighted by Crippen LogP contribution is -2.36. The summed E-state index contributed by atoms with van der Waals surface area (Å²) in [7, 11) is 1.67. The zero-order chi connectivity index (χ0) is 17.5. The van der Waals surface area contributed by atoms with Crippen LogP contribution < -0.4 is 9.47 Å². The predicted molar refractivity (Wildman–Crippen MR) is 98.9 cm³/mol. The van der Waals surface area contributed by atoms with Crippen LogP contribution in [0.2, 0.25) is 0 Å². The normalized spacial score (nSPS) is 18.1. The Morgan fingerprint density at radius 2 is 1.92 bits per heavy atom. The summed E-state index contributed by atoms with van der Waals surface area (Å²) in [6.07, 6.45) is 2.28. The van der Waals surface area contributed by atoms with Gasteiger partial charge in [0.1, 0.15) is 6.61 Å². The second kappa shape index (κ2) is 8.88. The smallest absolute Gasteiger partial charge is 0.161 e. The third kappa shape index (κ3) is 4.97. The molecule has 1 fully saturated rings. The summed E-state index contributed by atoms with van der Waals surface area (Å²) in [5.74, 6) is 1.94. The number of aliphatic hydroxyl groups excluding tert-OH is 1. The predicted octanol–water partition coefficient (Wildman–Crippen LogP) is 3.48. The molecule has 0 amide bonds. The molecular formula is C21H27NO3. The Kier molecular flexibility index (Phi) is 6.31. The first kappa shape index (κ1) is 17.8. The molecule has 1 heterocycles. The van der Waals surface area contributed by atoms with E-state index in [4.69, 9.17) is 9.47 Å². The van der Waals surface area contributed by atoms with Crippen LogP contribution >= 0.6 is 0 Å². The van der Waals surface area contributed by atoms with Gasteiger partial charge in [0, 0.05) is 19.7 Å². The molecular weight excluding hydrogens is 314 g/mol. The summed E-state index contributed by atoms with van der Waals surface area (Å²) in [6, 6.07) is 16.3. The van der Waals surface area contributed by atoms with Crippen LogP contribution in [0.5, 0.6) is 11.5 Å². The fourth-order valence-electron chi connectivity index (χ4n) is 3.37. The molecule has 2 aromatic rings. The highest BCUT2D eigenvalue weighted by Gasteiger charge is 2.19. The van der Waals surface area contributed by atoms with Gasteiger partial charge in [0.2, 0.25) is 0 Å². The quantitative estimate of drug-likeness (QED) is 0.837. The lowest BCUT2D eigenvalue weighted by atomic mass is 9.98. The van der Waals surface area contributed by atoms with Gasteiger partial charge in [-0.2, -0.15) is 0 Å². The van der Waals surface area contributed by atoms with Crippen LogP contribution in [-0.4, -0.2) is 36.8 Å². The van der Waals surface area contributed by atoms with E-state index in [1.807, 2.05) is 24.3 Å². The maximum atomic E-state index is 9.40. The molecule has 1 unspecified atom stereocenters. The minimum absolute atomic E-state index is 0.282. The van der Waals surface area contributed by atoms with Gasteiger partial charge in [0.15, 0.2) is 11.5 Å². The summed E-state index contributed by atoms with van der Waals surface area (Å²) < 4.78 is 11.4. The molecule has 25 heavy (non-hydrogen) atoms. The molecule has 4 heteroatoms. The second-order valence-electron chi connectivity index (χ2n) is 6.69. The summed E-state index contributed by atoms with van der Waals surface area (Å²) >= 11 is 0. The van der Waals surface area contributed by atoms with Gasteiger partial charge < -0.3 is 14.6 Å². The summed E-state index contributed by atoms with van der Waals surface area (Å²) in [6.45, 7) is 3.73.